The van der Waals surface area contributed by atoms with Crippen LogP contribution >= 0.6 is 0 Å². The number of hydrogen-bond donors (Lipinski definition) is 3. The van der Waals surface area contributed by atoms with E-state index in [1.165, 1.54) is 161 Å². The Kier molecular flexibility index (Phi) is 45.1. The van der Waals surface area contributed by atoms with Crippen LogP contribution in [0.5, 0.6) is 0 Å². The third-order valence-electron chi connectivity index (χ3n) is 11.8. The Hall–Kier alpha value is -1.66. The predicted octanol–water partition coefficient (Wildman–Crippen LogP) is 15.1. The summed E-state index contributed by atoms with van der Waals surface area (Å²) in [5, 5.41) is 23.7. The fourth-order valence-electron chi connectivity index (χ4n) is 7.84. The normalized spacial score (nSPS) is 13.4. The molecule has 0 spiro atoms. The highest BCUT2D eigenvalue weighted by Crippen LogP contribution is 2.17. The van der Waals surface area contributed by atoms with Gasteiger partial charge < -0.3 is 20.3 Å². The minimum Gasteiger partial charge on any atom is -0.462 e. The highest BCUT2D eigenvalue weighted by atomic mass is 16.5. The molecule has 3 atom stereocenters. The molecular weight excluding hydrogens is 719 g/mol. The van der Waals surface area contributed by atoms with Crippen LogP contribution in [0.1, 0.15) is 271 Å². The zero-order valence-electron chi connectivity index (χ0n) is 38.9. The molecule has 0 aliphatic heterocycles. The summed E-state index contributed by atoms with van der Waals surface area (Å²) in [6.07, 6.45) is 52.4. The molecule has 0 saturated carbocycles. The van der Waals surface area contributed by atoms with Gasteiger partial charge in [0.05, 0.1) is 25.2 Å². The lowest BCUT2D eigenvalue weighted by molar-refractivity contribution is -0.151. The lowest BCUT2D eigenvalue weighted by atomic mass is 10.0. The first-order chi connectivity index (χ1) is 28.5. The smallest absolute Gasteiger partial charge is 0.306 e. The van der Waals surface area contributed by atoms with Crippen LogP contribution in [-0.4, -0.2) is 46.9 Å². The number of rotatable bonds is 46. The van der Waals surface area contributed by atoms with Crippen LogP contribution in [0.4, 0.5) is 0 Å². The second kappa shape index (κ2) is 46.4. The molecule has 0 aromatic rings. The quantitative estimate of drug-likeness (QED) is 0.0323. The van der Waals surface area contributed by atoms with Gasteiger partial charge in [0.15, 0.2) is 0 Å². The Balaban J connectivity index is 4.54. The lowest BCUT2D eigenvalue weighted by Crippen LogP contribution is -2.46. The molecule has 3 unspecified atom stereocenters. The molecule has 0 aliphatic carbocycles. The number of aliphatic hydroxyl groups excluding tert-OH is 2. The molecule has 1 amide bonds. The fourth-order valence-corrected chi connectivity index (χ4v) is 7.84. The van der Waals surface area contributed by atoms with Gasteiger partial charge in [-0.1, -0.05) is 212 Å². The number of amides is 1. The summed E-state index contributed by atoms with van der Waals surface area (Å²) in [7, 11) is 0. The molecule has 0 saturated heterocycles. The monoisotopic (exact) mass is 818 g/mol. The molecule has 0 aromatic carbocycles. The number of carbonyl (C=O) groups is 2. The third-order valence-corrected chi connectivity index (χ3v) is 11.8. The number of esters is 1. The summed E-state index contributed by atoms with van der Waals surface area (Å²) < 4.78 is 5.89. The van der Waals surface area contributed by atoms with Crippen molar-refractivity contribution >= 4 is 11.9 Å². The van der Waals surface area contributed by atoms with Crippen molar-refractivity contribution in [3.63, 3.8) is 0 Å². The minimum absolute atomic E-state index is 0.0544. The van der Waals surface area contributed by atoms with Gasteiger partial charge in [-0.2, -0.15) is 0 Å². The highest BCUT2D eigenvalue weighted by molar-refractivity contribution is 5.77. The van der Waals surface area contributed by atoms with E-state index in [9.17, 15) is 19.8 Å². The zero-order valence-corrected chi connectivity index (χ0v) is 38.9. The van der Waals surface area contributed by atoms with E-state index in [4.69, 9.17) is 4.74 Å². The van der Waals surface area contributed by atoms with Gasteiger partial charge in [-0.25, -0.2) is 0 Å². The Morgan fingerprint density at radius 2 is 0.845 bits per heavy atom. The first-order valence-electron chi connectivity index (χ1n) is 25.6. The standard InChI is InChI=1S/C52H99NO5/c1-4-7-10-13-16-19-22-24-25-27-29-32-35-38-41-44-50(55)49(47-54)53-51(56)46-48(43-40-37-34-31-28-21-18-15-12-9-6-3)58-52(57)45-42-39-36-33-30-26-23-20-17-14-11-8-5-2/h26,30-31,34,48-50,54-55H,4-25,27-29,32-33,35-47H2,1-3H3,(H,53,56)/b30-26-,34-31-. The van der Waals surface area contributed by atoms with Crippen molar-refractivity contribution < 1.29 is 24.5 Å². The Morgan fingerprint density at radius 3 is 1.26 bits per heavy atom. The molecule has 0 fully saturated rings. The van der Waals surface area contributed by atoms with Crippen LogP contribution in [0.15, 0.2) is 24.3 Å². The van der Waals surface area contributed by atoms with Crippen LogP contribution in [0.25, 0.3) is 0 Å². The number of carbonyl (C=O) groups excluding carboxylic acids is 2. The number of ether oxygens (including phenoxy) is 1. The molecular formula is C52H99NO5. The molecule has 0 aromatic heterocycles. The molecule has 0 rings (SSSR count). The van der Waals surface area contributed by atoms with Crippen molar-refractivity contribution in [1.29, 1.82) is 0 Å². The second-order valence-electron chi connectivity index (χ2n) is 17.6. The first kappa shape index (κ1) is 56.3. The fraction of sp³-hybridized carbons (Fsp3) is 0.885. The van der Waals surface area contributed by atoms with Gasteiger partial charge in [-0.15, -0.1) is 0 Å². The maximum Gasteiger partial charge on any atom is 0.306 e. The van der Waals surface area contributed by atoms with E-state index in [1.54, 1.807) is 0 Å². The maximum atomic E-state index is 13.2. The van der Waals surface area contributed by atoms with Crippen molar-refractivity contribution in [2.24, 2.45) is 0 Å². The molecule has 6 heteroatoms. The van der Waals surface area contributed by atoms with Crippen molar-refractivity contribution in [3.8, 4) is 0 Å². The maximum absolute atomic E-state index is 13.2. The van der Waals surface area contributed by atoms with Crippen LogP contribution in [0.3, 0.4) is 0 Å². The largest absolute Gasteiger partial charge is 0.462 e. The number of aliphatic hydroxyl groups is 2. The van der Waals surface area contributed by atoms with E-state index in [0.29, 0.717) is 19.3 Å². The van der Waals surface area contributed by atoms with Gasteiger partial charge in [0.25, 0.3) is 0 Å². The van der Waals surface area contributed by atoms with Crippen LogP contribution in [-0.2, 0) is 14.3 Å². The van der Waals surface area contributed by atoms with Crippen LogP contribution in [0.2, 0.25) is 0 Å². The Bertz CT molecular complexity index is 919. The molecule has 58 heavy (non-hydrogen) atoms. The van der Waals surface area contributed by atoms with Gasteiger partial charge >= 0.3 is 5.97 Å². The number of hydrogen-bond acceptors (Lipinski definition) is 5. The lowest BCUT2D eigenvalue weighted by Gasteiger charge is -2.24. The van der Waals surface area contributed by atoms with Crippen molar-refractivity contribution in [2.75, 3.05) is 6.61 Å². The van der Waals surface area contributed by atoms with E-state index in [0.717, 1.165) is 64.2 Å². The van der Waals surface area contributed by atoms with Gasteiger partial charge in [0, 0.05) is 6.42 Å². The molecule has 342 valence electrons. The van der Waals surface area contributed by atoms with Gasteiger partial charge in [-0.05, 0) is 70.6 Å². The molecule has 0 radical (unpaired) electrons. The van der Waals surface area contributed by atoms with Crippen LogP contribution in [0, 0.1) is 0 Å². The molecule has 6 nitrogen and oxygen atoms in total. The molecule has 3 N–H and O–H groups in total. The number of nitrogens with one attached hydrogen (secondary N) is 1. The van der Waals surface area contributed by atoms with Gasteiger partial charge in [-0.3, -0.25) is 9.59 Å². The zero-order chi connectivity index (χ0) is 42.4. The van der Waals surface area contributed by atoms with Gasteiger partial charge in [0.2, 0.25) is 5.91 Å². The Labute approximate surface area is 361 Å². The topological polar surface area (TPSA) is 95.9 Å². The summed E-state index contributed by atoms with van der Waals surface area (Å²) >= 11 is 0. The van der Waals surface area contributed by atoms with Crippen LogP contribution < -0.4 is 5.32 Å². The number of unbranched alkanes of at least 4 members (excludes halogenated alkanes) is 30. The first-order valence-corrected chi connectivity index (χ1v) is 25.6. The van der Waals surface area contributed by atoms with E-state index in [2.05, 4.69) is 50.4 Å². The van der Waals surface area contributed by atoms with E-state index in [1.807, 2.05) is 0 Å². The summed E-state index contributed by atoms with van der Waals surface area (Å²) in [6, 6.07) is -0.708. The molecule has 0 bridgehead atoms. The van der Waals surface area contributed by atoms with E-state index in [-0.39, 0.29) is 24.9 Å². The average molecular weight is 818 g/mol. The highest BCUT2D eigenvalue weighted by Gasteiger charge is 2.24. The average Bonchev–Trinajstić information content (AvgIpc) is 3.22. The summed E-state index contributed by atoms with van der Waals surface area (Å²) in [6.45, 7) is 6.47. The van der Waals surface area contributed by atoms with E-state index < -0.39 is 18.2 Å². The van der Waals surface area contributed by atoms with Crippen molar-refractivity contribution in [2.45, 2.75) is 289 Å². The summed E-state index contributed by atoms with van der Waals surface area (Å²) in [5.74, 6) is -0.513. The van der Waals surface area contributed by atoms with Crippen molar-refractivity contribution in [3.05, 3.63) is 24.3 Å². The van der Waals surface area contributed by atoms with Gasteiger partial charge in [0.1, 0.15) is 6.10 Å². The molecule has 0 aliphatic rings. The summed E-state index contributed by atoms with van der Waals surface area (Å²) in [5.41, 5.74) is 0. The Morgan fingerprint density at radius 1 is 0.483 bits per heavy atom. The second-order valence-corrected chi connectivity index (χ2v) is 17.6. The SMILES string of the molecule is CCCCCCCC/C=C\CCCCCC(=O)OC(CCC/C=C\CCCCCCCC)CC(=O)NC(CO)C(O)CCCCCCCCCCCCCCCCC. The summed E-state index contributed by atoms with van der Waals surface area (Å²) in [4.78, 5) is 26.0. The number of allylic oxidation sites excluding steroid dienone is 4. The van der Waals surface area contributed by atoms with E-state index >= 15 is 0 Å². The van der Waals surface area contributed by atoms with Crippen molar-refractivity contribution in [1.82, 2.24) is 5.32 Å². The predicted molar refractivity (Wildman–Crippen MR) is 250 cm³/mol. The third kappa shape index (κ3) is 41.1. The molecule has 0 heterocycles. The minimum atomic E-state index is -0.793.